The molecule has 1 atom stereocenters. The fourth-order valence-corrected chi connectivity index (χ4v) is 1.84. The van der Waals surface area contributed by atoms with Crippen LogP contribution >= 0.6 is 0 Å². The van der Waals surface area contributed by atoms with Crippen molar-refractivity contribution in [2.45, 2.75) is 13.0 Å². The van der Waals surface area contributed by atoms with Gasteiger partial charge >= 0.3 is 0 Å². The van der Waals surface area contributed by atoms with Crippen LogP contribution in [0, 0.1) is 12.7 Å². The van der Waals surface area contributed by atoms with Crippen LogP contribution in [-0.4, -0.2) is 31.5 Å². The van der Waals surface area contributed by atoms with E-state index in [1.165, 1.54) is 19.2 Å². The molecule has 5 heteroatoms. The Hall–Kier alpha value is -2.27. The Morgan fingerprint density at radius 2 is 1.73 bits per heavy atom. The first kappa shape index (κ1) is 16.1. The van der Waals surface area contributed by atoms with Crippen molar-refractivity contribution in [3.63, 3.8) is 0 Å². The minimum Gasteiger partial charge on any atom is -0.493 e. The molecule has 0 fully saturated rings. The second-order valence-corrected chi connectivity index (χ2v) is 4.86. The largest absolute Gasteiger partial charge is 0.493 e. The summed E-state index contributed by atoms with van der Waals surface area (Å²) >= 11 is 0. The minimum atomic E-state index is -0.884. The van der Waals surface area contributed by atoms with Crippen LogP contribution in [0.5, 0.6) is 17.2 Å². The second-order valence-electron chi connectivity index (χ2n) is 4.86. The Labute approximate surface area is 129 Å². The Bertz CT molecular complexity index is 598. The molecule has 118 valence electrons. The fourth-order valence-electron chi connectivity index (χ4n) is 1.84. The third kappa shape index (κ3) is 4.36. The molecule has 0 bridgehead atoms. The van der Waals surface area contributed by atoms with E-state index < -0.39 is 11.9 Å². The van der Waals surface area contributed by atoms with E-state index in [9.17, 15) is 9.50 Å². The van der Waals surface area contributed by atoms with Crippen LogP contribution in [-0.2, 0) is 0 Å². The van der Waals surface area contributed by atoms with Crippen molar-refractivity contribution < 1.29 is 23.7 Å². The monoisotopic (exact) mass is 306 g/mol. The quantitative estimate of drug-likeness (QED) is 0.854. The van der Waals surface area contributed by atoms with E-state index in [1.807, 2.05) is 31.2 Å². The van der Waals surface area contributed by atoms with Gasteiger partial charge in [-0.25, -0.2) is 4.39 Å². The van der Waals surface area contributed by atoms with Crippen molar-refractivity contribution in [3.05, 3.63) is 53.8 Å². The molecule has 0 aliphatic carbocycles. The van der Waals surface area contributed by atoms with E-state index in [4.69, 9.17) is 14.2 Å². The van der Waals surface area contributed by atoms with Crippen molar-refractivity contribution in [1.29, 1.82) is 0 Å². The molecular weight excluding hydrogens is 287 g/mol. The zero-order valence-electron chi connectivity index (χ0n) is 12.6. The zero-order chi connectivity index (χ0) is 15.9. The van der Waals surface area contributed by atoms with E-state index in [-0.39, 0.29) is 24.7 Å². The molecule has 0 spiro atoms. The van der Waals surface area contributed by atoms with Gasteiger partial charge in [-0.2, -0.15) is 0 Å². The van der Waals surface area contributed by atoms with Gasteiger partial charge in [0.2, 0.25) is 0 Å². The van der Waals surface area contributed by atoms with Crippen molar-refractivity contribution in [1.82, 2.24) is 0 Å². The molecule has 2 aromatic rings. The maximum atomic E-state index is 13.7. The highest BCUT2D eigenvalue weighted by atomic mass is 19.1. The van der Waals surface area contributed by atoms with E-state index in [0.29, 0.717) is 5.75 Å². The molecule has 2 aromatic carbocycles. The Kier molecular flexibility index (Phi) is 5.61. The topological polar surface area (TPSA) is 47.9 Å². The molecule has 1 unspecified atom stereocenters. The molecule has 0 radical (unpaired) electrons. The Morgan fingerprint density at radius 3 is 2.41 bits per heavy atom. The number of hydrogen-bond donors (Lipinski definition) is 1. The first-order chi connectivity index (χ1) is 10.6. The number of aliphatic hydroxyl groups is 1. The highest BCUT2D eigenvalue weighted by molar-refractivity contribution is 5.40. The Morgan fingerprint density at radius 1 is 1.05 bits per heavy atom. The third-order valence-corrected chi connectivity index (χ3v) is 3.03. The summed E-state index contributed by atoms with van der Waals surface area (Å²) in [4.78, 5) is 0. The normalized spacial score (nSPS) is 11.8. The molecule has 22 heavy (non-hydrogen) atoms. The van der Waals surface area contributed by atoms with Crippen molar-refractivity contribution in [2.24, 2.45) is 0 Å². The van der Waals surface area contributed by atoms with Gasteiger partial charge in [-0.3, -0.25) is 0 Å². The lowest BCUT2D eigenvalue weighted by Gasteiger charge is -2.15. The van der Waals surface area contributed by atoms with Crippen LogP contribution in [0.25, 0.3) is 0 Å². The lowest BCUT2D eigenvalue weighted by molar-refractivity contribution is 0.0602. The summed E-state index contributed by atoms with van der Waals surface area (Å²) in [6.07, 6.45) is -0.884. The van der Waals surface area contributed by atoms with Gasteiger partial charge in [0.25, 0.3) is 0 Å². The molecule has 0 saturated heterocycles. The van der Waals surface area contributed by atoms with Crippen molar-refractivity contribution in [2.75, 3.05) is 20.3 Å². The molecule has 1 N–H and O–H groups in total. The highest BCUT2D eigenvalue weighted by Crippen LogP contribution is 2.29. The van der Waals surface area contributed by atoms with Crippen LogP contribution in [0.1, 0.15) is 5.56 Å². The summed E-state index contributed by atoms with van der Waals surface area (Å²) in [6, 6.07) is 11.9. The summed E-state index contributed by atoms with van der Waals surface area (Å²) in [5, 5.41) is 9.87. The smallest absolute Gasteiger partial charge is 0.197 e. The molecule has 0 heterocycles. The minimum absolute atomic E-state index is 0.0145. The number of para-hydroxylation sites is 1. The maximum Gasteiger partial charge on any atom is 0.197 e. The van der Waals surface area contributed by atoms with Crippen molar-refractivity contribution in [3.8, 4) is 17.2 Å². The first-order valence-corrected chi connectivity index (χ1v) is 6.93. The molecule has 0 saturated carbocycles. The standard InChI is InChI=1S/C17H19FO4/c1-12-6-8-14(9-7-12)21-10-13(19)11-22-17-15(18)4-3-5-16(17)20-2/h3-9,13,19H,10-11H2,1-2H3. The van der Waals surface area contributed by atoms with E-state index in [0.717, 1.165) is 5.56 Å². The van der Waals surface area contributed by atoms with Gasteiger partial charge in [0, 0.05) is 0 Å². The fraction of sp³-hybridized carbons (Fsp3) is 0.294. The third-order valence-electron chi connectivity index (χ3n) is 3.03. The van der Waals surface area contributed by atoms with Crippen LogP contribution < -0.4 is 14.2 Å². The van der Waals surface area contributed by atoms with Crippen LogP contribution in [0.2, 0.25) is 0 Å². The van der Waals surface area contributed by atoms with Gasteiger partial charge in [-0.15, -0.1) is 0 Å². The molecule has 0 amide bonds. The van der Waals surface area contributed by atoms with Gasteiger partial charge in [0.15, 0.2) is 17.3 Å². The summed E-state index contributed by atoms with van der Waals surface area (Å²) < 4.78 is 29.4. The highest BCUT2D eigenvalue weighted by Gasteiger charge is 2.13. The van der Waals surface area contributed by atoms with Gasteiger partial charge < -0.3 is 19.3 Å². The number of halogens is 1. The summed E-state index contributed by atoms with van der Waals surface area (Å²) in [7, 11) is 1.43. The molecule has 2 rings (SSSR count). The van der Waals surface area contributed by atoms with Gasteiger partial charge in [-0.05, 0) is 31.2 Å². The maximum absolute atomic E-state index is 13.7. The predicted molar refractivity (Wildman–Crippen MR) is 81.1 cm³/mol. The number of aliphatic hydroxyl groups excluding tert-OH is 1. The molecule has 0 aliphatic rings. The summed E-state index contributed by atoms with van der Waals surface area (Å²) in [5.41, 5.74) is 1.13. The van der Waals surface area contributed by atoms with E-state index >= 15 is 0 Å². The number of methoxy groups -OCH3 is 1. The molecule has 0 aromatic heterocycles. The van der Waals surface area contributed by atoms with Crippen molar-refractivity contribution >= 4 is 0 Å². The average molecular weight is 306 g/mol. The Balaban J connectivity index is 1.85. The first-order valence-electron chi connectivity index (χ1n) is 6.93. The number of aryl methyl sites for hydroxylation is 1. The molecule has 0 aliphatic heterocycles. The van der Waals surface area contributed by atoms with Crippen LogP contribution in [0.3, 0.4) is 0 Å². The lowest BCUT2D eigenvalue weighted by atomic mass is 10.2. The van der Waals surface area contributed by atoms with Gasteiger partial charge in [0.05, 0.1) is 7.11 Å². The molecular formula is C17H19FO4. The van der Waals surface area contributed by atoms with E-state index in [1.54, 1.807) is 6.07 Å². The zero-order valence-corrected chi connectivity index (χ0v) is 12.6. The predicted octanol–water partition coefficient (Wildman–Crippen LogP) is 2.96. The van der Waals surface area contributed by atoms with Crippen LogP contribution in [0.4, 0.5) is 4.39 Å². The van der Waals surface area contributed by atoms with Gasteiger partial charge in [-0.1, -0.05) is 23.8 Å². The number of ether oxygens (including phenoxy) is 3. The molecule has 4 nitrogen and oxygen atoms in total. The van der Waals surface area contributed by atoms with Gasteiger partial charge in [0.1, 0.15) is 25.1 Å². The lowest BCUT2D eigenvalue weighted by Crippen LogP contribution is -2.25. The summed E-state index contributed by atoms with van der Waals surface area (Å²) in [6.45, 7) is 1.94. The number of hydrogen-bond acceptors (Lipinski definition) is 4. The SMILES string of the molecule is COc1cccc(F)c1OCC(O)COc1ccc(C)cc1. The average Bonchev–Trinajstić information content (AvgIpc) is 2.53. The number of rotatable bonds is 7. The van der Waals surface area contributed by atoms with E-state index in [2.05, 4.69) is 0 Å². The van der Waals surface area contributed by atoms with Crippen LogP contribution in [0.15, 0.2) is 42.5 Å². The second kappa shape index (κ2) is 7.66. The number of benzene rings is 2. The summed E-state index contributed by atoms with van der Waals surface area (Å²) in [5.74, 6) is 0.394.